The van der Waals surface area contributed by atoms with Gasteiger partial charge in [0.1, 0.15) is 17.4 Å². The number of rotatable bonds is 10. The Morgan fingerprint density at radius 3 is 2.12 bits per heavy atom. The molecule has 1 aliphatic heterocycles. The number of allylic oxidation sites excluding steroid dienone is 8. The molecule has 5 nitrogen and oxygen atoms in total. The van der Waals surface area contributed by atoms with Crippen LogP contribution in [0.3, 0.4) is 0 Å². The van der Waals surface area contributed by atoms with Gasteiger partial charge >= 0.3 is 0 Å². The maximum absolute atomic E-state index is 15.3. The average molecular weight is 587 g/mol. The lowest BCUT2D eigenvalue weighted by molar-refractivity contribution is -0.168. The Kier molecular flexibility index (Phi) is 9.02. The van der Waals surface area contributed by atoms with Gasteiger partial charge in [0.25, 0.3) is 0 Å². The van der Waals surface area contributed by atoms with Crippen molar-refractivity contribution in [3.05, 3.63) is 82.2 Å². The van der Waals surface area contributed by atoms with Crippen LogP contribution >= 0.6 is 0 Å². The Morgan fingerprint density at radius 1 is 0.953 bits per heavy atom. The highest BCUT2D eigenvalue weighted by molar-refractivity contribution is 6.35. The minimum absolute atomic E-state index is 0.00573. The fourth-order valence-electron chi connectivity index (χ4n) is 7.69. The lowest BCUT2D eigenvalue weighted by Gasteiger charge is -2.60. The summed E-state index contributed by atoms with van der Waals surface area (Å²) in [5, 5.41) is 11.3. The van der Waals surface area contributed by atoms with E-state index in [1.54, 1.807) is 38.1 Å². The van der Waals surface area contributed by atoms with Crippen molar-refractivity contribution in [2.45, 2.75) is 113 Å². The van der Waals surface area contributed by atoms with Gasteiger partial charge in [-0.1, -0.05) is 72.2 Å². The van der Waals surface area contributed by atoms with E-state index in [4.69, 9.17) is 4.74 Å². The van der Waals surface area contributed by atoms with Gasteiger partial charge in [-0.05, 0) is 98.8 Å². The molecule has 1 aromatic carbocycles. The number of benzene rings is 1. The van der Waals surface area contributed by atoms with Crippen LogP contribution in [0.5, 0.6) is 0 Å². The Bertz CT molecular complexity index is 1410. The molecule has 0 aromatic heterocycles. The highest BCUT2D eigenvalue weighted by Crippen LogP contribution is 2.71. The van der Waals surface area contributed by atoms with Crippen molar-refractivity contribution in [3.63, 3.8) is 0 Å². The molecule has 1 spiro atoms. The quantitative estimate of drug-likeness (QED) is 0.129. The molecule has 1 aromatic rings. The summed E-state index contributed by atoms with van der Waals surface area (Å²) >= 11 is 0. The fourth-order valence-corrected chi connectivity index (χ4v) is 7.69. The summed E-state index contributed by atoms with van der Waals surface area (Å²) in [5.41, 5.74) is -0.742. The number of hydrogen-bond donors (Lipinski definition) is 1. The zero-order chi connectivity index (χ0) is 32.0. The van der Waals surface area contributed by atoms with Gasteiger partial charge in [-0.2, -0.15) is 0 Å². The molecule has 0 radical (unpaired) electrons. The van der Waals surface area contributed by atoms with Gasteiger partial charge in [-0.15, -0.1) is 0 Å². The first kappa shape index (κ1) is 32.9. The van der Waals surface area contributed by atoms with E-state index in [0.717, 1.165) is 18.4 Å². The summed E-state index contributed by atoms with van der Waals surface area (Å²) in [6.07, 6.45) is 8.67. The molecule has 2 fully saturated rings. The molecular weight excluding hydrogens is 536 g/mol. The highest BCUT2D eigenvalue weighted by Gasteiger charge is 2.76. The van der Waals surface area contributed by atoms with Crippen LogP contribution in [0.15, 0.2) is 76.6 Å². The van der Waals surface area contributed by atoms with E-state index in [9.17, 15) is 14.7 Å². The Morgan fingerprint density at radius 2 is 1.56 bits per heavy atom. The molecule has 5 heteroatoms. The first-order valence-electron chi connectivity index (χ1n) is 15.7. The van der Waals surface area contributed by atoms with E-state index in [1.165, 1.54) is 11.1 Å². The molecule has 2 aliphatic carbocycles. The number of Topliss-reactive ketones (excluding diaryl/α,β-unsaturated/α-hetero) is 3. The monoisotopic (exact) mass is 586 g/mol. The standard InChI is InChI=1S/C38H50O5/c1-24(2)14-13-20-36(9)28(18-17-25(3)4)22-37(21-19-26(5)6)32(40)30(31(39)27-15-11-10-12-16-27)33-38(36,34(37)41)23-29(43-33)35(7,8)42/h10-12,14-17,19,28-29,42H,13,18,20-23H2,1-9H3/t28-,29+,36+,37+,38-/m0/s1. The van der Waals surface area contributed by atoms with Gasteiger partial charge in [-0.25, -0.2) is 0 Å². The van der Waals surface area contributed by atoms with E-state index in [1.807, 2.05) is 26.0 Å². The Balaban J connectivity index is 2.11. The number of ketones is 3. The lowest BCUT2D eigenvalue weighted by Crippen LogP contribution is -2.66. The second kappa shape index (κ2) is 11.8. The lowest BCUT2D eigenvalue weighted by atomic mass is 9.39. The predicted molar refractivity (Wildman–Crippen MR) is 171 cm³/mol. The molecule has 1 saturated heterocycles. The number of hydrogen-bond acceptors (Lipinski definition) is 5. The van der Waals surface area contributed by atoms with Gasteiger partial charge in [0.15, 0.2) is 17.3 Å². The van der Waals surface area contributed by atoms with E-state index < -0.39 is 39.5 Å². The van der Waals surface area contributed by atoms with Crippen molar-refractivity contribution in [1.29, 1.82) is 0 Å². The molecular formula is C38H50O5. The maximum atomic E-state index is 15.3. The first-order chi connectivity index (χ1) is 20.0. The third kappa shape index (κ3) is 5.54. The smallest absolute Gasteiger partial charge is 0.200 e. The number of fused-ring (bicyclic) bond motifs is 1. The molecule has 4 rings (SSSR count). The number of aliphatic hydroxyl groups is 1. The van der Waals surface area contributed by atoms with Gasteiger partial charge in [-0.3, -0.25) is 14.4 Å². The summed E-state index contributed by atoms with van der Waals surface area (Å²) in [7, 11) is 0. The third-order valence-electron chi connectivity index (χ3n) is 10.3. The van der Waals surface area contributed by atoms with E-state index in [2.05, 4.69) is 46.8 Å². The second-order valence-electron chi connectivity index (χ2n) is 14.7. The SMILES string of the molecule is CC(C)=CCC[C@]1(C)[C@@H](CC=C(C)C)C[C@]2(CC=C(C)C)C(=O)C(C(=O)c3ccccc3)=C3O[C@@H](C(C)(C)O)C[C@@]31C2=O. The molecule has 0 amide bonds. The normalized spacial score (nSPS) is 29.9. The third-order valence-corrected chi connectivity index (χ3v) is 10.3. The van der Waals surface area contributed by atoms with E-state index >= 15 is 4.79 Å². The molecule has 232 valence electrons. The van der Waals surface area contributed by atoms with Crippen LogP contribution in [0.2, 0.25) is 0 Å². The van der Waals surface area contributed by atoms with Crippen molar-refractivity contribution in [2.75, 3.05) is 0 Å². The number of ether oxygens (including phenoxy) is 1. The molecule has 1 heterocycles. The molecule has 5 atom stereocenters. The van der Waals surface area contributed by atoms with Gasteiger partial charge in [0.05, 0.1) is 16.4 Å². The minimum atomic E-state index is -1.38. The van der Waals surface area contributed by atoms with Crippen LogP contribution in [0.4, 0.5) is 0 Å². The molecule has 0 unspecified atom stereocenters. The zero-order valence-corrected chi connectivity index (χ0v) is 27.6. The summed E-state index contributed by atoms with van der Waals surface area (Å²) < 4.78 is 6.59. The van der Waals surface area contributed by atoms with Crippen LogP contribution in [-0.4, -0.2) is 34.2 Å². The van der Waals surface area contributed by atoms with Crippen molar-refractivity contribution in [3.8, 4) is 0 Å². The van der Waals surface area contributed by atoms with Crippen LogP contribution in [-0.2, 0) is 14.3 Å². The topological polar surface area (TPSA) is 80.7 Å². The van der Waals surface area contributed by atoms with Crippen LogP contribution < -0.4 is 0 Å². The number of carbonyl (C=O) groups is 3. The van der Waals surface area contributed by atoms with Crippen molar-refractivity contribution in [2.24, 2.45) is 22.2 Å². The van der Waals surface area contributed by atoms with Crippen LogP contribution in [0.25, 0.3) is 0 Å². The number of carbonyl (C=O) groups excluding carboxylic acids is 3. The summed E-state index contributed by atoms with van der Waals surface area (Å²) in [4.78, 5) is 44.6. The second-order valence-corrected chi connectivity index (χ2v) is 14.7. The first-order valence-corrected chi connectivity index (χ1v) is 15.7. The molecule has 43 heavy (non-hydrogen) atoms. The maximum Gasteiger partial charge on any atom is 0.200 e. The molecule has 1 N–H and O–H groups in total. The largest absolute Gasteiger partial charge is 0.490 e. The fraction of sp³-hybridized carbons (Fsp3) is 0.553. The van der Waals surface area contributed by atoms with E-state index in [-0.39, 0.29) is 35.9 Å². The molecule has 3 aliphatic rings. The minimum Gasteiger partial charge on any atom is -0.490 e. The Labute approximate surface area is 258 Å². The average Bonchev–Trinajstić information content (AvgIpc) is 3.34. The highest BCUT2D eigenvalue weighted by atomic mass is 16.5. The predicted octanol–water partition coefficient (Wildman–Crippen LogP) is 8.29. The summed E-state index contributed by atoms with van der Waals surface area (Å²) in [6.45, 7) is 17.8. The van der Waals surface area contributed by atoms with Crippen molar-refractivity contribution < 1.29 is 24.2 Å². The van der Waals surface area contributed by atoms with Crippen LogP contribution in [0.1, 0.15) is 111 Å². The van der Waals surface area contributed by atoms with Crippen molar-refractivity contribution in [1.82, 2.24) is 0 Å². The van der Waals surface area contributed by atoms with Gasteiger partial charge < -0.3 is 9.84 Å². The molecule has 1 saturated carbocycles. The Hall–Kier alpha value is -3.05. The zero-order valence-electron chi connectivity index (χ0n) is 27.6. The van der Waals surface area contributed by atoms with Gasteiger partial charge in [0, 0.05) is 12.0 Å². The van der Waals surface area contributed by atoms with Crippen LogP contribution in [0, 0.1) is 22.2 Å². The van der Waals surface area contributed by atoms with Gasteiger partial charge in [0.2, 0.25) is 0 Å². The molecule has 2 bridgehead atoms. The van der Waals surface area contributed by atoms with E-state index in [0.29, 0.717) is 18.4 Å². The van der Waals surface area contributed by atoms with Crippen molar-refractivity contribution >= 4 is 17.3 Å². The summed E-state index contributed by atoms with van der Waals surface area (Å²) in [6, 6.07) is 8.80. The summed E-state index contributed by atoms with van der Waals surface area (Å²) in [5.74, 6) is -0.808.